The summed E-state index contributed by atoms with van der Waals surface area (Å²) in [6.07, 6.45) is 0. The molecule has 0 saturated carbocycles. The smallest absolute Gasteiger partial charge is 0.231 e. The minimum absolute atomic E-state index is 0.173. The number of ether oxygens (including phenoxy) is 4. The molecule has 5 nitrogen and oxygen atoms in total. The molecule has 0 radical (unpaired) electrons. The van der Waals surface area contributed by atoms with Crippen LogP contribution in [0.1, 0.15) is 16.7 Å². The Balaban J connectivity index is 2.02. The molecule has 1 N–H and O–H groups in total. The lowest BCUT2D eigenvalue weighted by atomic mass is 10.1. The average molecular weight is 336 g/mol. The second-order valence-corrected chi connectivity index (χ2v) is 5.06. The number of fused-ring (bicyclic) bond motifs is 1. The van der Waals surface area contributed by atoms with Gasteiger partial charge in [-0.25, -0.2) is 0 Å². The molecule has 2 aromatic rings. The van der Waals surface area contributed by atoms with Crippen molar-refractivity contribution in [3.63, 3.8) is 0 Å². The van der Waals surface area contributed by atoms with Crippen LogP contribution in [0, 0.1) is 23.7 Å². The van der Waals surface area contributed by atoms with Crippen molar-refractivity contribution in [3.05, 3.63) is 47.0 Å². The molecular weight excluding hydrogens is 320 g/mol. The molecule has 5 heteroatoms. The van der Waals surface area contributed by atoms with E-state index >= 15 is 0 Å². The van der Waals surface area contributed by atoms with Gasteiger partial charge in [0.25, 0.3) is 0 Å². The van der Waals surface area contributed by atoms with Crippen molar-refractivity contribution in [2.75, 3.05) is 27.6 Å². The lowest BCUT2D eigenvalue weighted by molar-refractivity contribution is 0.174. The van der Waals surface area contributed by atoms with Crippen LogP contribution in [-0.2, 0) is 0 Å². The maximum atomic E-state index is 8.94. The van der Waals surface area contributed by atoms with Gasteiger partial charge in [0.05, 0.1) is 14.2 Å². The number of hydrogen-bond acceptors (Lipinski definition) is 5. The van der Waals surface area contributed by atoms with E-state index in [2.05, 4.69) is 23.7 Å². The molecule has 2 aromatic carbocycles. The zero-order valence-electron chi connectivity index (χ0n) is 13.9. The first-order chi connectivity index (χ1) is 12.2. The normalized spacial score (nSPS) is 11.0. The molecule has 0 bridgehead atoms. The van der Waals surface area contributed by atoms with E-state index < -0.39 is 0 Å². The Morgan fingerprint density at radius 2 is 1.48 bits per heavy atom. The molecule has 0 aliphatic carbocycles. The second-order valence-electron chi connectivity index (χ2n) is 5.06. The first-order valence-electron chi connectivity index (χ1n) is 7.52. The van der Waals surface area contributed by atoms with E-state index in [1.165, 1.54) is 0 Å². The molecule has 1 heterocycles. The molecule has 0 aromatic heterocycles. The van der Waals surface area contributed by atoms with Crippen molar-refractivity contribution in [1.82, 2.24) is 0 Å². The number of methoxy groups -OCH3 is 2. The molecule has 0 atom stereocenters. The molecule has 1 aliphatic heterocycles. The van der Waals surface area contributed by atoms with Crippen LogP contribution in [0.25, 0.3) is 0 Å². The zero-order chi connectivity index (χ0) is 17.6. The van der Waals surface area contributed by atoms with E-state index in [1.807, 2.05) is 12.1 Å². The minimum Gasteiger partial charge on any atom is -0.497 e. The molecule has 1 aliphatic rings. The Morgan fingerprint density at radius 1 is 0.880 bits per heavy atom. The summed E-state index contributed by atoms with van der Waals surface area (Å²) in [7, 11) is 3.18. The molecule has 0 fully saturated rings. The van der Waals surface area contributed by atoms with Crippen molar-refractivity contribution < 1.29 is 24.1 Å². The van der Waals surface area contributed by atoms with Gasteiger partial charge in [-0.3, -0.25) is 0 Å². The predicted molar refractivity (Wildman–Crippen MR) is 92.1 cm³/mol. The molecule has 3 rings (SSSR count). The fraction of sp³-hybridized carbons (Fsp3) is 0.200. The maximum absolute atomic E-state index is 8.94. The summed E-state index contributed by atoms with van der Waals surface area (Å²) in [5, 5.41) is 8.94. The number of benzene rings is 2. The standard InChI is InChI=1S/C20H16O5/c1-22-17-8-14(9-18(12-17)23-2)5-6-16-11-20-19(24-13-25-20)10-15(16)4-3-7-21/h8-12,21H,7,13H2,1-2H3. The molecular formula is C20H16O5. The zero-order valence-corrected chi connectivity index (χ0v) is 13.9. The van der Waals surface area contributed by atoms with Crippen LogP contribution >= 0.6 is 0 Å². The lowest BCUT2D eigenvalue weighted by Crippen LogP contribution is -1.92. The van der Waals surface area contributed by atoms with E-state index in [4.69, 9.17) is 24.1 Å². The number of aliphatic hydroxyl groups excluding tert-OH is 1. The van der Waals surface area contributed by atoms with E-state index in [0.29, 0.717) is 34.1 Å². The van der Waals surface area contributed by atoms with Crippen LogP contribution in [0.3, 0.4) is 0 Å². The van der Waals surface area contributed by atoms with Gasteiger partial charge in [-0.15, -0.1) is 0 Å². The number of rotatable bonds is 2. The third-order valence-electron chi connectivity index (χ3n) is 3.51. The van der Waals surface area contributed by atoms with Crippen molar-refractivity contribution in [3.8, 4) is 46.7 Å². The predicted octanol–water partition coefficient (Wildman–Crippen LogP) is 2.18. The van der Waals surface area contributed by atoms with Gasteiger partial charge in [-0.05, 0) is 12.1 Å². The largest absolute Gasteiger partial charge is 0.497 e. The van der Waals surface area contributed by atoms with Crippen LogP contribution in [0.5, 0.6) is 23.0 Å². The first kappa shape index (κ1) is 16.6. The topological polar surface area (TPSA) is 57.2 Å². The minimum atomic E-state index is -0.228. The number of aliphatic hydroxyl groups is 1. The molecule has 0 amide bonds. The molecule has 0 unspecified atom stereocenters. The Morgan fingerprint density at radius 3 is 2.04 bits per heavy atom. The second kappa shape index (κ2) is 7.53. The average Bonchev–Trinajstić information content (AvgIpc) is 3.11. The molecule has 0 spiro atoms. The lowest BCUT2D eigenvalue weighted by Gasteiger charge is -2.05. The highest BCUT2D eigenvalue weighted by Crippen LogP contribution is 2.34. The van der Waals surface area contributed by atoms with E-state index in [1.54, 1.807) is 32.4 Å². The summed E-state index contributed by atoms with van der Waals surface area (Å²) in [6, 6.07) is 8.97. The van der Waals surface area contributed by atoms with Crippen LogP contribution in [0.4, 0.5) is 0 Å². The summed E-state index contributed by atoms with van der Waals surface area (Å²) in [4.78, 5) is 0. The highest BCUT2D eigenvalue weighted by atomic mass is 16.7. The highest BCUT2D eigenvalue weighted by Gasteiger charge is 2.15. The van der Waals surface area contributed by atoms with E-state index in [-0.39, 0.29) is 13.4 Å². The van der Waals surface area contributed by atoms with Crippen molar-refractivity contribution in [2.45, 2.75) is 0 Å². The van der Waals surface area contributed by atoms with Gasteiger partial charge in [0.2, 0.25) is 6.79 Å². The van der Waals surface area contributed by atoms with Gasteiger partial charge in [0.1, 0.15) is 18.1 Å². The van der Waals surface area contributed by atoms with Gasteiger partial charge < -0.3 is 24.1 Å². The van der Waals surface area contributed by atoms with Crippen LogP contribution in [0.15, 0.2) is 30.3 Å². The highest BCUT2D eigenvalue weighted by molar-refractivity contribution is 5.60. The Hall–Kier alpha value is -3.28. The van der Waals surface area contributed by atoms with E-state index in [9.17, 15) is 0 Å². The third kappa shape index (κ3) is 3.80. The van der Waals surface area contributed by atoms with E-state index in [0.717, 1.165) is 5.56 Å². The van der Waals surface area contributed by atoms with Crippen LogP contribution < -0.4 is 18.9 Å². The summed E-state index contributed by atoms with van der Waals surface area (Å²) >= 11 is 0. The monoisotopic (exact) mass is 336 g/mol. The molecule has 126 valence electrons. The summed E-state index contributed by atoms with van der Waals surface area (Å²) in [5.74, 6) is 14.3. The van der Waals surface area contributed by atoms with Crippen molar-refractivity contribution in [2.24, 2.45) is 0 Å². The maximum Gasteiger partial charge on any atom is 0.231 e. The molecule has 25 heavy (non-hydrogen) atoms. The fourth-order valence-electron chi connectivity index (χ4n) is 2.30. The summed E-state index contributed by atoms with van der Waals surface area (Å²) < 4.78 is 21.3. The van der Waals surface area contributed by atoms with Crippen molar-refractivity contribution >= 4 is 0 Å². The Labute approximate surface area is 146 Å². The molecule has 0 saturated heterocycles. The Bertz CT molecular complexity index is 887. The fourth-order valence-corrected chi connectivity index (χ4v) is 2.30. The Kier molecular flexibility index (Phi) is 4.99. The van der Waals surface area contributed by atoms with Crippen LogP contribution in [-0.4, -0.2) is 32.7 Å². The quantitative estimate of drug-likeness (QED) is 0.852. The van der Waals surface area contributed by atoms with Crippen molar-refractivity contribution in [1.29, 1.82) is 0 Å². The first-order valence-corrected chi connectivity index (χ1v) is 7.52. The van der Waals surface area contributed by atoms with Gasteiger partial charge in [-0.1, -0.05) is 23.7 Å². The van der Waals surface area contributed by atoms with Gasteiger partial charge >= 0.3 is 0 Å². The third-order valence-corrected chi connectivity index (χ3v) is 3.51. The van der Waals surface area contributed by atoms with Gasteiger partial charge in [0, 0.05) is 34.9 Å². The SMILES string of the molecule is COc1cc(C#Cc2cc3c(cc2C#CCO)OCO3)cc(OC)c1. The van der Waals surface area contributed by atoms with Crippen LogP contribution in [0.2, 0.25) is 0 Å². The summed E-state index contributed by atoms with van der Waals surface area (Å²) in [6.45, 7) is -0.0550. The summed E-state index contributed by atoms with van der Waals surface area (Å²) in [5.41, 5.74) is 2.10. The van der Waals surface area contributed by atoms with Gasteiger partial charge in [0.15, 0.2) is 11.5 Å². The number of hydrogen-bond donors (Lipinski definition) is 1. The van der Waals surface area contributed by atoms with Gasteiger partial charge in [-0.2, -0.15) is 0 Å².